The van der Waals surface area contributed by atoms with Crippen molar-refractivity contribution in [2.45, 2.75) is 36.7 Å². The molecule has 7 nitrogen and oxygen atoms in total. The molecule has 0 aliphatic carbocycles. The van der Waals surface area contributed by atoms with Gasteiger partial charge in [-0.1, -0.05) is 18.2 Å². The van der Waals surface area contributed by atoms with E-state index in [0.717, 1.165) is 5.56 Å². The number of nitrogens with zero attached hydrogens (tertiary/aromatic N) is 2. The Balaban J connectivity index is 1.77. The fourth-order valence-electron chi connectivity index (χ4n) is 2.91. The molecule has 2 aromatic rings. The second kappa shape index (κ2) is 6.74. The zero-order valence-corrected chi connectivity index (χ0v) is 14.2. The molecule has 0 bridgehead atoms. The van der Waals surface area contributed by atoms with E-state index in [9.17, 15) is 13.2 Å². The molecule has 1 amide bonds. The zero-order chi connectivity index (χ0) is 17.2. The summed E-state index contributed by atoms with van der Waals surface area (Å²) in [5.41, 5.74) is 0.846. The van der Waals surface area contributed by atoms with E-state index in [2.05, 4.69) is 15.5 Å². The number of aromatic amines is 1. The molecule has 0 radical (unpaired) electrons. The third-order valence-electron chi connectivity index (χ3n) is 4.23. The lowest BCUT2D eigenvalue weighted by Gasteiger charge is -2.24. The molecule has 1 aliphatic rings. The van der Waals surface area contributed by atoms with Crippen molar-refractivity contribution in [1.29, 1.82) is 0 Å². The Bertz CT molecular complexity index is 790. The first-order valence-corrected chi connectivity index (χ1v) is 9.30. The van der Waals surface area contributed by atoms with Crippen molar-refractivity contribution in [2.24, 2.45) is 0 Å². The van der Waals surface area contributed by atoms with E-state index >= 15 is 0 Å². The van der Waals surface area contributed by atoms with Gasteiger partial charge >= 0.3 is 0 Å². The van der Waals surface area contributed by atoms with Gasteiger partial charge in [-0.3, -0.25) is 9.89 Å². The summed E-state index contributed by atoms with van der Waals surface area (Å²) in [5, 5.41) is 9.43. The summed E-state index contributed by atoms with van der Waals surface area (Å²) in [6.07, 6.45) is 4.54. The largest absolute Gasteiger partial charge is 0.348 e. The molecule has 1 fully saturated rings. The van der Waals surface area contributed by atoms with Crippen molar-refractivity contribution in [3.05, 3.63) is 48.3 Å². The Hall–Kier alpha value is -2.19. The van der Waals surface area contributed by atoms with Crippen molar-refractivity contribution >= 4 is 15.9 Å². The lowest BCUT2D eigenvalue weighted by molar-refractivity contribution is -0.124. The Morgan fingerprint density at radius 2 is 2.12 bits per heavy atom. The number of amides is 1. The van der Waals surface area contributed by atoms with Crippen LogP contribution in [0.25, 0.3) is 0 Å². The standard InChI is InChI=1S/C16H20N4O3S/c1-12(13-10-17-18-11-13)19-16(21)15-8-5-9-20(15)24(22,23)14-6-3-2-4-7-14/h2-4,6-7,10-12,15H,5,8-9H2,1H3,(H,17,18)(H,19,21)/t12-,15-/m1/s1. The van der Waals surface area contributed by atoms with Crippen LogP contribution in [-0.4, -0.2) is 41.4 Å². The number of benzene rings is 1. The summed E-state index contributed by atoms with van der Waals surface area (Å²) in [4.78, 5) is 12.8. The molecule has 1 aromatic heterocycles. The van der Waals surface area contributed by atoms with E-state index in [1.54, 1.807) is 42.7 Å². The van der Waals surface area contributed by atoms with Gasteiger partial charge in [0, 0.05) is 18.3 Å². The van der Waals surface area contributed by atoms with Crippen molar-refractivity contribution in [1.82, 2.24) is 19.8 Å². The lowest BCUT2D eigenvalue weighted by Crippen LogP contribution is -2.46. The SMILES string of the molecule is C[C@@H](NC(=O)[C@H]1CCCN1S(=O)(=O)c1ccccc1)c1cn[nH]c1. The number of carbonyl (C=O) groups is 1. The highest BCUT2D eigenvalue weighted by molar-refractivity contribution is 7.89. The molecular weight excluding hydrogens is 328 g/mol. The predicted molar refractivity (Wildman–Crippen MR) is 88.5 cm³/mol. The summed E-state index contributed by atoms with van der Waals surface area (Å²) in [7, 11) is -3.67. The van der Waals surface area contributed by atoms with Crippen molar-refractivity contribution < 1.29 is 13.2 Å². The van der Waals surface area contributed by atoms with E-state index in [1.165, 1.54) is 4.31 Å². The zero-order valence-electron chi connectivity index (χ0n) is 13.3. The van der Waals surface area contributed by atoms with Crippen molar-refractivity contribution in [3.63, 3.8) is 0 Å². The molecule has 0 unspecified atom stereocenters. The van der Waals surface area contributed by atoms with Crippen molar-refractivity contribution in [2.75, 3.05) is 6.54 Å². The highest BCUT2D eigenvalue weighted by Gasteiger charge is 2.39. The summed E-state index contributed by atoms with van der Waals surface area (Å²) < 4.78 is 26.9. The predicted octanol–water partition coefficient (Wildman–Crippen LogP) is 1.44. The van der Waals surface area contributed by atoms with E-state index in [1.807, 2.05) is 6.92 Å². The van der Waals surface area contributed by atoms with Crippen LogP contribution >= 0.6 is 0 Å². The van der Waals surface area contributed by atoms with Gasteiger partial charge in [-0.25, -0.2) is 8.42 Å². The summed E-state index contributed by atoms with van der Waals surface area (Å²) in [6.45, 7) is 2.20. The Morgan fingerprint density at radius 3 is 2.79 bits per heavy atom. The fourth-order valence-corrected chi connectivity index (χ4v) is 4.59. The Morgan fingerprint density at radius 1 is 1.38 bits per heavy atom. The van der Waals surface area contributed by atoms with Gasteiger partial charge in [0.25, 0.3) is 0 Å². The molecule has 24 heavy (non-hydrogen) atoms. The Kier molecular flexibility index (Phi) is 4.68. The second-order valence-corrected chi connectivity index (χ2v) is 7.74. The maximum absolute atomic E-state index is 12.8. The molecule has 2 atom stereocenters. The maximum Gasteiger partial charge on any atom is 0.243 e. The third kappa shape index (κ3) is 3.20. The first-order chi connectivity index (χ1) is 11.5. The van der Waals surface area contributed by atoms with Crippen LogP contribution in [0.15, 0.2) is 47.6 Å². The van der Waals surface area contributed by atoms with Gasteiger partial charge in [-0.05, 0) is 31.9 Å². The van der Waals surface area contributed by atoms with Crippen LogP contribution in [0.5, 0.6) is 0 Å². The van der Waals surface area contributed by atoms with Gasteiger partial charge < -0.3 is 5.32 Å². The highest BCUT2D eigenvalue weighted by Crippen LogP contribution is 2.26. The molecule has 2 heterocycles. The number of aromatic nitrogens is 2. The van der Waals surface area contributed by atoms with E-state index in [0.29, 0.717) is 19.4 Å². The third-order valence-corrected chi connectivity index (χ3v) is 6.16. The number of rotatable bonds is 5. The fraction of sp³-hybridized carbons (Fsp3) is 0.375. The van der Waals surface area contributed by atoms with Crippen LogP contribution in [0.2, 0.25) is 0 Å². The summed E-state index contributed by atoms with van der Waals surface area (Å²) in [6, 6.07) is 7.31. The molecule has 1 aliphatic heterocycles. The molecule has 0 spiro atoms. The highest BCUT2D eigenvalue weighted by atomic mass is 32.2. The van der Waals surface area contributed by atoms with Crippen LogP contribution in [0, 0.1) is 0 Å². The molecule has 128 valence electrons. The first-order valence-electron chi connectivity index (χ1n) is 7.86. The van der Waals surface area contributed by atoms with E-state index < -0.39 is 16.1 Å². The average molecular weight is 348 g/mol. The van der Waals surface area contributed by atoms with Crippen LogP contribution in [-0.2, 0) is 14.8 Å². The normalized spacial score (nSPS) is 20.0. The van der Waals surface area contributed by atoms with Gasteiger partial charge in [-0.15, -0.1) is 0 Å². The summed E-state index contributed by atoms with van der Waals surface area (Å²) >= 11 is 0. The minimum absolute atomic E-state index is 0.215. The molecule has 0 saturated carbocycles. The summed E-state index contributed by atoms with van der Waals surface area (Å²) in [5.74, 6) is -0.277. The number of carbonyl (C=O) groups excluding carboxylic acids is 1. The van der Waals surface area contributed by atoms with Gasteiger partial charge in [-0.2, -0.15) is 9.40 Å². The van der Waals surface area contributed by atoms with Crippen LogP contribution in [0.3, 0.4) is 0 Å². The monoisotopic (exact) mass is 348 g/mol. The average Bonchev–Trinajstić information content (AvgIpc) is 3.27. The van der Waals surface area contributed by atoms with Gasteiger partial charge in [0.1, 0.15) is 6.04 Å². The minimum Gasteiger partial charge on any atom is -0.348 e. The lowest BCUT2D eigenvalue weighted by atomic mass is 10.1. The molecular formula is C16H20N4O3S. The number of hydrogen-bond acceptors (Lipinski definition) is 4. The smallest absolute Gasteiger partial charge is 0.243 e. The van der Waals surface area contributed by atoms with Crippen LogP contribution in [0.1, 0.15) is 31.4 Å². The molecule has 8 heteroatoms. The van der Waals surface area contributed by atoms with Gasteiger partial charge in [0.2, 0.25) is 15.9 Å². The molecule has 1 saturated heterocycles. The molecule has 2 N–H and O–H groups in total. The van der Waals surface area contributed by atoms with Gasteiger partial charge in [0.05, 0.1) is 17.1 Å². The number of hydrogen-bond donors (Lipinski definition) is 2. The number of nitrogens with one attached hydrogen (secondary N) is 2. The quantitative estimate of drug-likeness (QED) is 0.855. The van der Waals surface area contributed by atoms with Crippen molar-refractivity contribution in [3.8, 4) is 0 Å². The number of H-pyrrole nitrogens is 1. The van der Waals surface area contributed by atoms with Gasteiger partial charge in [0.15, 0.2) is 0 Å². The van der Waals surface area contributed by atoms with Crippen LogP contribution in [0.4, 0.5) is 0 Å². The molecule has 3 rings (SSSR count). The minimum atomic E-state index is -3.67. The first kappa shape index (κ1) is 16.7. The topological polar surface area (TPSA) is 95.2 Å². The van der Waals surface area contributed by atoms with Crippen LogP contribution < -0.4 is 5.32 Å². The van der Waals surface area contributed by atoms with E-state index in [-0.39, 0.29) is 16.8 Å². The Labute approximate surface area is 141 Å². The number of sulfonamides is 1. The maximum atomic E-state index is 12.8. The molecule has 1 aromatic carbocycles. The second-order valence-electron chi connectivity index (χ2n) is 5.85. The van der Waals surface area contributed by atoms with E-state index in [4.69, 9.17) is 0 Å².